The Morgan fingerprint density at radius 2 is 1.86 bits per heavy atom. The average molecular weight is 286 g/mol. The van der Waals surface area contributed by atoms with Crippen molar-refractivity contribution in [2.75, 3.05) is 19.6 Å². The molecule has 0 aromatic heterocycles. The van der Waals surface area contributed by atoms with E-state index in [2.05, 4.69) is 36.6 Å². The zero-order chi connectivity index (χ0) is 14.9. The molecule has 1 amide bonds. The van der Waals surface area contributed by atoms with E-state index < -0.39 is 0 Å². The van der Waals surface area contributed by atoms with Crippen molar-refractivity contribution in [3.05, 3.63) is 35.9 Å². The minimum atomic E-state index is -0.342. The topological polar surface area (TPSA) is 41.1 Å². The second-order valence-electron chi connectivity index (χ2n) is 7.30. The Hall–Kier alpha value is -1.35. The molecule has 1 heterocycles. The number of carbonyl (C=O) groups excluding carboxylic acids is 1. The molecule has 1 saturated carbocycles. The lowest BCUT2D eigenvalue weighted by Crippen LogP contribution is -2.51. The molecule has 0 spiro atoms. The molecule has 1 aromatic rings. The standard InChI is InChI=1S/C18H26N2O/c1-17(2)12-15(17)13-20-16(21)18(8-10-19-11-9-18)14-6-4-3-5-7-14/h3-7,15,19H,8-13H2,1-2H3,(H,20,21). The number of amides is 1. The van der Waals surface area contributed by atoms with E-state index in [1.54, 1.807) is 0 Å². The smallest absolute Gasteiger partial charge is 0.230 e. The van der Waals surface area contributed by atoms with Gasteiger partial charge in [0.2, 0.25) is 5.91 Å². The van der Waals surface area contributed by atoms with Crippen LogP contribution in [-0.2, 0) is 10.2 Å². The van der Waals surface area contributed by atoms with Crippen LogP contribution in [0.25, 0.3) is 0 Å². The first kappa shape index (κ1) is 14.6. The lowest BCUT2D eigenvalue weighted by Gasteiger charge is -2.36. The van der Waals surface area contributed by atoms with Crippen LogP contribution in [0, 0.1) is 11.3 Å². The summed E-state index contributed by atoms with van der Waals surface area (Å²) in [4.78, 5) is 12.9. The van der Waals surface area contributed by atoms with Gasteiger partial charge < -0.3 is 10.6 Å². The summed E-state index contributed by atoms with van der Waals surface area (Å²) >= 11 is 0. The van der Waals surface area contributed by atoms with Crippen molar-refractivity contribution in [3.63, 3.8) is 0 Å². The van der Waals surface area contributed by atoms with E-state index in [9.17, 15) is 4.79 Å². The van der Waals surface area contributed by atoms with Gasteiger partial charge in [-0.15, -0.1) is 0 Å². The highest BCUT2D eigenvalue weighted by molar-refractivity contribution is 5.88. The van der Waals surface area contributed by atoms with Crippen LogP contribution >= 0.6 is 0 Å². The van der Waals surface area contributed by atoms with Crippen molar-refractivity contribution in [2.24, 2.45) is 11.3 Å². The van der Waals surface area contributed by atoms with Crippen LogP contribution in [0.4, 0.5) is 0 Å². The summed E-state index contributed by atoms with van der Waals surface area (Å²) in [7, 11) is 0. The molecule has 1 aromatic carbocycles. The van der Waals surface area contributed by atoms with E-state index in [4.69, 9.17) is 0 Å². The van der Waals surface area contributed by atoms with Crippen LogP contribution in [0.5, 0.6) is 0 Å². The Morgan fingerprint density at radius 3 is 2.43 bits per heavy atom. The zero-order valence-corrected chi connectivity index (χ0v) is 13.1. The fourth-order valence-electron chi connectivity index (χ4n) is 3.57. The largest absolute Gasteiger partial charge is 0.355 e. The normalized spacial score (nSPS) is 26.1. The number of rotatable bonds is 4. The minimum Gasteiger partial charge on any atom is -0.355 e. The van der Waals surface area contributed by atoms with Gasteiger partial charge in [-0.1, -0.05) is 44.2 Å². The van der Waals surface area contributed by atoms with Gasteiger partial charge in [0.15, 0.2) is 0 Å². The number of hydrogen-bond acceptors (Lipinski definition) is 2. The van der Waals surface area contributed by atoms with E-state index in [-0.39, 0.29) is 11.3 Å². The maximum atomic E-state index is 12.9. The van der Waals surface area contributed by atoms with E-state index in [0.29, 0.717) is 11.3 Å². The number of benzene rings is 1. The van der Waals surface area contributed by atoms with Crippen molar-refractivity contribution in [1.29, 1.82) is 0 Å². The lowest BCUT2D eigenvalue weighted by molar-refractivity contribution is -0.127. The molecule has 3 rings (SSSR count). The van der Waals surface area contributed by atoms with Crippen molar-refractivity contribution in [3.8, 4) is 0 Å². The fraction of sp³-hybridized carbons (Fsp3) is 0.611. The van der Waals surface area contributed by atoms with Gasteiger partial charge in [0.1, 0.15) is 0 Å². The van der Waals surface area contributed by atoms with E-state index in [1.807, 2.05) is 18.2 Å². The van der Waals surface area contributed by atoms with Gasteiger partial charge >= 0.3 is 0 Å². The van der Waals surface area contributed by atoms with Gasteiger partial charge in [-0.3, -0.25) is 4.79 Å². The Morgan fingerprint density at radius 1 is 1.24 bits per heavy atom. The second kappa shape index (κ2) is 5.45. The van der Waals surface area contributed by atoms with Gasteiger partial charge in [-0.05, 0) is 49.2 Å². The second-order valence-corrected chi connectivity index (χ2v) is 7.30. The summed E-state index contributed by atoms with van der Waals surface area (Å²) in [5.74, 6) is 0.869. The summed E-state index contributed by atoms with van der Waals surface area (Å²) < 4.78 is 0. The predicted molar refractivity (Wildman–Crippen MR) is 85.1 cm³/mol. The summed E-state index contributed by atoms with van der Waals surface area (Å²) in [5, 5.41) is 6.62. The molecule has 1 atom stereocenters. The molecule has 1 aliphatic heterocycles. The minimum absolute atomic E-state index is 0.220. The summed E-state index contributed by atoms with van der Waals surface area (Å²) in [6, 6.07) is 10.3. The van der Waals surface area contributed by atoms with Crippen LogP contribution in [0.2, 0.25) is 0 Å². The quantitative estimate of drug-likeness (QED) is 0.893. The summed E-state index contributed by atoms with van der Waals surface area (Å²) in [6.45, 7) is 7.21. The number of piperidine rings is 1. The third-order valence-electron chi connectivity index (χ3n) is 5.44. The Bertz CT molecular complexity index is 503. The molecule has 3 nitrogen and oxygen atoms in total. The molecule has 1 aliphatic carbocycles. The van der Waals surface area contributed by atoms with E-state index >= 15 is 0 Å². The molecule has 2 N–H and O–H groups in total. The Balaban J connectivity index is 1.74. The maximum Gasteiger partial charge on any atom is 0.230 e. The lowest BCUT2D eigenvalue weighted by atomic mass is 9.72. The molecule has 21 heavy (non-hydrogen) atoms. The van der Waals surface area contributed by atoms with Crippen molar-refractivity contribution >= 4 is 5.91 Å². The molecule has 1 saturated heterocycles. The van der Waals surface area contributed by atoms with Gasteiger partial charge in [0.25, 0.3) is 0 Å². The first-order valence-electron chi connectivity index (χ1n) is 8.09. The number of carbonyl (C=O) groups is 1. The molecule has 2 aliphatic rings. The summed E-state index contributed by atoms with van der Waals surface area (Å²) in [6.07, 6.45) is 3.00. The van der Waals surface area contributed by atoms with Crippen molar-refractivity contribution in [1.82, 2.24) is 10.6 Å². The monoisotopic (exact) mass is 286 g/mol. The predicted octanol–water partition coefficient (Wildman–Crippen LogP) is 2.47. The van der Waals surface area contributed by atoms with Gasteiger partial charge in [-0.2, -0.15) is 0 Å². The highest BCUT2D eigenvalue weighted by atomic mass is 16.2. The third kappa shape index (κ3) is 2.84. The molecule has 0 radical (unpaired) electrons. The number of nitrogens with one attached hydrogen (secondary N) is 2. The molecular formula is C18H26N2O. The zero-order valence-electron chi connectivity index (χ0n) is 13.1. The van der Waals surface area contributed by atoms with Gasteiger partial charge in [0, 0.05) is 6.54 Å². The van der Waals surface area contributed by atoms with E-state index in [0.717, 1.165) is 32.5 Å². The molecular weight excluding hydrogens is 260 g/mol. The highest BCUT2D eigenvalue weighted by Gasteiger charge is 2.47. The van der Waals surface area contributed by atoms with E-state index in [1.165, 1.54) is 12.0 Å². The van der Waals surface area contributed by atoms with Crippen LogP contribution in [-0.4, -0.2) is 25.5 Å². The van der Waals surface area contributed by atoms with Gasteiger partial charge in [0.05, 0.1) is 5.41 Å². The Labute approximate surface area is 127 Å². The summed E-state index contributed by atoms with van der Waals surface area (Å²) in [5.41, 5.74) is 1.24. The molecule has 2 fully saturated rings. The number of hydrogen-bond donors (Lipinski definition) is 2. The molecule has 114 valence electrons. The maximum absolute atomic E-state index is 12.9. The molecule has 0 bridgehead atoms. The highest BCUT2D eigenvalue weighted by Crippen LogP contribution is 2.51. The Kier molecular flexibility index (Phi) is 3.78. The first-order valence-corrected chi connectivity index (χ1v) is 8.09. The van der Waals surface area contributed by atoms with Gasteiger partial charge in [-0.25, -0.2) is 0 Å². The fourth-order valence-corrected chi connectivity index (χ4v) is 3.57. The first-order chi connectivity index (χ1) is 10.0. The van der Waals surface area contributed by atoms with Crippen LogP contribution in [0.1, 0.15) is 38.7 Å². The SMILES string of the molecule is CC1(C)CC1CNC(=O)C1(c2ccccc2)CCNCC1. The van der Waals surface area contributed by atoms with Crippen molar-refractivity contribution < 1.29 is 4.79 Å². The molecule has 1 unspecified atom stereocenters. The third-order valence-corrected chi connectivity index (χ3v) is 5.44. The van der Waals surface area contributed by atoms with Crippen LogP contribution in [0.15, 0.2) is 30.3 Å². The molecule has 3 heteroatoms. The van der Waals surface area contributed by atoms with Crippen LogP contribution in [0.3, 0.4) is 0 Å². The van der Waals surface area contributed by atoms with Crippen LogP contribution < -0.4 is 10.6 Å². The average Bonchev–Trinajstić information content (AvgIpc) is 3.13. The van der Waals surface area contributed by atoms with Crippen molar-refractivity contribution in [2.45, 2.75) is 38.5 Å².